The number of rotatable bonds is 7. The van der Waals surface area contributed by atoms with Crippen molar-refractivity contribution in [2.45, 2.75) is 25.0 Å². The Morgan fingerprint density at radius 3 is 2.16 bits per heavy atom. The van der Waals surface area contributed by atoms with Gasteiger partial charge in [-0.05, 0) is 29.2 Å². The van der Waals surface area contributed by atoms with Crippen LogP contribution in [-0.4, -0.2) is 32.9 Å². The zero-order chi connectivity index (χ0) is 25.9. The van der Waals surface area contributed by atoms with Gasteiger partial charge in [0.25, 0.3) is 5.69 Å². The molecule has 186 valence electrons. The molecule has 0 bridgehead atoms. The number of amides is 1. The minimum atomic E-state index is -1.15. The van der Waals surface area contributed by atoms with E-state index in [2.05, 4.69) is 10.3 Å². The van der Waals surface area contributed by atoms with Gasteiger partial charge in [-0.3, -0.25) is 20.2 Å². The number of carboxylic acids is 1. The van der Waals surface area contributed by atoms with Crippen LogP contribution in [0.2, 0.25) is 0 Å². The average Bonchev–Trinajstić information content (AvgIpc) is 3.32. The van der Waals surface area contributed by atoms with Crippen molar-refractivity contribution in [3.8, 4) is 0 Å². The van der Waals surface area contributed by atoms with Crippen molar-refractivity contribution >= 4 is 23.3 Å². The zero-order valence-electron chi connectivity index (χ0n) is 19.7. The van der Waals surface area contributed by atoms with Gasteiger partial charge in [0.1, 0.15) is 5.69 Å². The predicted octanol–water partition coefficient (Wildman–Crippen LogP) is 4.46. The fourth-order valence-electron chi connectivity index (χ4n) is 4.66. The van der Waals surface area contributed by atoms with Crippen molar-refractivity contribution in [1.29, 1.82) is 0 Å². The normalized spacial score (nSPS) is 17.2. The maximum atomic E-state index is 14.0. The number of benzene rings is 3. The van der Waals surface area contributed by atoms with Crippen molar-refractivity contribution < 1.29 is 19.6 Å². The molecule has 9 nitrogen and oxygen atoms in total. The number of aromatic carboxylic acids is 1. The molecule has 0 saturated heterocycles. The average molecular weight is 497 g/mol. The number of hydrogen-bond acceptors (Lipinski definition) is 5. The standard InChI is InChI=1S/C28H24N4O5/c33-27-22(15-18-7-3-1-4-8-18)29-25(20-11-13-21(14-12-20)32(36)37)26-24(16-23(30-26)28(34)35)31(27)17-19-9-5-2-6-10-19/h1-14,16,22,25,29-30H,15,17H2,(H,34,35)/t22-,25+/m0/s1. The number of aromatic nitrogens is 1. The summed E-state index contributed by atoms with van der Waals surface area (Å²) in [5.41, 5.74) is 3.38. The van der Waals surface area contributed by atoms with Crippen LogP contribution in [-0.2, 0) is 17.8 Å². The van der Waals surface area contributed by atoms with Gasteiger partial charge in [-0.1, -0.05) is 72.8 Å². The molecule has 1 amide bonds. The number of H-pyrrole nitrogens is 1. The summed E-state index contributed by atoms with van der Waals surface area (Å²) in [5, 5.41) is 24.3. The maximum Gasteiger partial charge on any atom is 0.352 e. The lowest BCUT2D eigenvalue weighted by atomic mass is 10.00. The number of carbonyl (C=O) groups is 2. The van der Waals surface area contributed by atoms with Gasteiger partial charge in [0.05, 0.1) is 34.9 Å². The molecule has 5 rings (SSSR count). The molecule has 0 unspecified atom stereocenters. The molecule has 0 aliphatic carbocycles. The number of nitrogens with zero attached hydrogens (tertiary/aromatic N) is 2. The molecule has 1 aliphatic heterocycles. The van der Waals surface area contributed by atoms with Crippen LogP contribution < -0.4 is 10.2 Å². The van der Waals surface area contributed by atoms with Crippen LogP contribution >= 0.6 is 0 Å². The summed E-state index contributed by atoms with van der Waals surface area (Å²) in [5.74, 6) is -1.35. The molecule has 3 aromatic carbocycles. The van der Waals surface area contributed by atoms with Crippen molar-refractivity contribution in [1.82, 2.24) is 10.3 Å². The third-order valence-corrected chi connectivity index (χ3v) is 6.47. The van der Waals surface area contributed by atoms with Gasteiger partial charge in [-0.25, -0.2) is 4.79 Å². The number of aromatic amines is 1. The van der Waals surface area contributed by atoms with Gasteiger partial charge in [0.2, 0.25) is 5.91 Å². The molecule has 1 aliphatic rings. The summed E-state index contributed by atoms with van der Waals surface area (Å²) in [6.07, 6.45) is 0.407. The van der Waals surface area contributed by atoms with Crippen molar-refractivity contribution in [2.24, 2.45) is 0 Å². The summed E-state index contributed by atoms with van der Waals surface area (Å²) in [4.78, 5) is 41.2. The highest BCUT2D eigenvalue weighted by molar-refractivity contribution is 6.00. The molecule has 0 saturated carbocycles. The number of anilines is 1. The lowest BCUT2D eigenvalue weighted by Crippen LogP contribution is -2.46. The Morgan fingerprint density at radius 1 is 0.946 bits per heavy atom. The smallest absolute Gasteiger partial charge is 0.352 e. The van der Waals surface area contributed by atoms with E-state index in [9.17, 15) is 24.8 Å². The molecule has 0 fully saturated rings. The fourth-order valence-corrected chi connectivity index (χ4v) is 4.66. The summed E-state index contributed by atoms with van der Waals surface area (Å²) in [6, 6.07) is 25.4. The predicted molar refractivity (Wildman–Crippen MR) is 137 cm³/mol. The van der Waals surface area contributed by atoms with Crippen molar-refractivity contribution in [3.63, 3.8) is 0 Å². The van der Waals surface area contributed by atoms with Gasteiger partial charge in [-0.2, -0.15) is 0 Å². The lowest BCUT2D eigenvalue weighted by molar-refractivity contribution is -0.384. The highest BCUT2D eigenvalue weighted by atomic mass is 16.6. The van der Waals surface area contributed by atoms with Crippen molar-refractivity contribution in [2.75, 3.05) is 4.90 Å². The molecule has 4 aromatic rings. The monoisotopic (exact) mass is 496 g/mol. The Morgan fingerprint density at radius 2 is 1.57 bits per heavy atom. The van der Waals surface area contributed by atoms with Gasteiger partial charge < -0.3 is 15.0 Å². The molecule has 9 heteroatoms. The first-order valence-corrected chi connectivity index (χ1v) is 11.8. The van der Waals surface area contributed by atoms with Crippen LogP contribution in [0.1, 0.15) is 38.9 Å². The Labute approximate surface area is 212 Å². The van der Waals surface area contributed by atoms with E-state index in [0.29, 0.717) is 23.4 Å². The molecule has 2 atom stereocenters. The minimum absolute atomic E-state index is 0.0499. The van der Waals surface area contributed by atoms with E-state index in [1.54, 1.807) is 17.0 Å². The van der Waals surface area contributed by atoms with Crippen LogP contribution in [0.25, 0.3) is 0 Å². The van der Waals surface area contributed by atoms with Gasteiger partial charge >= 0.3 is 5.97 Å². The summed E-state index contributed by atoms with van der Waals surface area (Å²) < 4.78 is 0. The van der Waals surface area contributed by atoms with Gasteiger partial charge in [-0.15, -0.1) is 0 Å². The van der Waals surface area contributed by atoms with Gasteiger partial charge in [0, 0.05) is 12.1 Å². The highest BCUT2D eigenvalue weighted by Crippen LogP contribution is 2.36. The SMILES string of the molecule is O=C(O)c1cc2c([nH]1)[C@@H](c1ccc([N+](=O)[O-])cc1)N[C@@H](Cc1ccccc1)C(=O)N2Cc1ccccc1. The fraction of sp³-hybridized carbons (Fsp3) is 0.143. The van der Waals surface area contributed by atoms with Crippen LogP contribution in [0.5, 0.6) is 0 Å². The quantitative estimate of drug-likeness (QED) is 0.256. The number of carboxylic acid groups (broad SMARTS) is 1. The van der Waals surface area contributed by atoms with Crippen LogP contribution in [0.15, 0.2) is 91.0 Å². The summed E-state index contributed by atoms with van der Waals surface area (Å²) in [7, 11) is 0. The third kappa shape index (κ3) is 4.98. The Bertz CT molecular complexity index is 1430. The summed E-state index contributed by atoms with van der Waals surface area (Å²) >= 11 is 0. The van der Waals surface area contributed by atoms with E-state index >= 15 is 0 Å². The number of nitro groups is 1. The zero-order valence-corrected chi connectivity index (χ0v) is 19.7. The summed E-state index contributed by atoms with van der Waals surface area (Å²) in [6.45, 7) is 0.254. The third-order valence-electron chi connectivity index (χ3n) is 6.47. The van der Waals surface area contributed by atoms with E-state index in [4.69, 9.17) is 0 Å². The molecular weight excluding hydrogens is 472 g/mol. The van der Waals surface area contributed by atoms with Gasteiger partial charge in [0.15, 0.2) is 0 Å². The molecule has 1 aromatic heterocycles. The molecule has 37 heavy (non-hydrogen) atoms. The number of fused-ring (bicyclic) bond motifs is 1. The largest absolute Gasteiger partial charge is 0.477 e. The number of carbonyl (C=O) groups excluding carboxylic acids is 1. The number of hydrogen-bond donors (Lipinski definition) is 3. The Kier molecular flexibility index (Phi) is 6.53. The van der Waals surface area contributed by atoms with Crippen molar-refractivity contribution in [3.05, 3.63) is 129 Å². The first-order valence-electron chi connectivity index (χ1n) is 11.8. The lowest BCUT2D eigenvalue weighted by Gasteiger charge is -2.25. The second kappa shape index (κ2) is 10.1. The number of nitrogens with one attached hydrogen (secondary N) is 2. The first kappa shape index (κ1) is 24.0. The Balaban J connectivity index is 1.63. The highest BCUT2D eigenvalue weighted by Gasteiger charge is 2.37. The van der Waals surface area contributed by atoms with Crippen LogP contribution in [0.4, 0.5) is 11.4 Å². The first-order chi connectivity index (χ1) is 17.9. The topological polar surface area (TPSA) is 129 Å². The number of non-ortho nitro benzene ring substituents is 1. The maximum absolute atomic E-state index is 14.0. The van der Waals surface area contributed by atoms with Crippen LogP contribution in [0.3, 0.4) is 0 Å². The Hall–Kier alpha value is -4.76. The van der Waals surface area contributed by atoms with E-state index in [-0.39, 0.29) is 23.8 Å². The molecule has 0 spiro atoms. The number of nitro benzene ring substituents is 1. The minimum Gasteiger partial charge on any atom is -0.477 e. The van der Waals surface area contributed by atoms with E-state index < -0.39 is 23.0 Å². The molecule has 0 radical (unpaired) electrons. The second-order valence-electron chi connectivity index (χ2n) is 8.89. The second-order valence-corrected chi connectivity index (χ2v) is 8.89. The van der Waals surface area contributed by atoms with E-state index in [1.165, 1.54) is 18.2 Å². The van der Waals surface area contributed by atoms with E-state index in [0.717, 1.165) is 11.1 Å². The van der Waals surface area contributed by atoms with Crippen LogP contribution in [0, 0.1) is 10.1 Å². The van der Waals surface area contributed by atoms with E-state index in [1.807, 2.05) is 60.7 Å². The molecule has 2 heterocycles. The molecule has 3 N–H and O–H groups in total. The molecular formula is C28H24N4O5.